The first kappa shape index (κ1) is 14.2. The van der Waals surface area contributed by atoms with Crippen molar-refractivity contribution in [2.75, 3.05) is 7.11 Å². The number of nitrogens with zero attached hydrogens (tertiary/aromatic N) is 1. The summed E-state index contributed by atoms with van der Waals surface area (Å²) < 4.78 is 6.20. The second-order valence-corrected chi connectivity index (χ2v) is 6.51. The third-order valence-corrected chi connectivity index (χ3v) is 4.79. The zero-order valence-corrected chi connectivity index (χ0v) is 13.5. The molecule has 106 valence electrons. The molecule has 2 nitrogen and oxygen atoms in total. The summed E-state index contributed by atoms with van der Waals surface area (Å²) in [4.78, 5) is 0. The predicted molar refractivity (Wildman–Crippen MR) is 86.3 cm³/mol. The normalized spacial score (nSPS) is 15.3. The van der Waals surface area contributed by atoms with Crippen molar-refractivity contribution in [1.82, 2.24) is 0 Å². The van der Waals surface area contributed by atoms with Gasteiger partial charge in [0.25, 0.3) is 0 Å². The molecule has 0 radical (unpaired) electrons. The molecule has 2 aromatic carbocycles. The highest BCUT2D eigenvalue weighted by molar-refractivity contribution is 9.10. The number of methoxy groups -OCH3 is 1. The fourth-order valence-corrected chi connectivity index (χ4v) is 3.74. The van der Waals surface area contributed by atoms with E-state index >= 15 is 0 Å². The molecule has 2 aromatic rings. The van der Waals surface area contributed by atoms with E-state index in [1.165, 1.54) is 11.1 Å². The van der Waals surface area contributed by atoms with Crippen molar-refractivity contribution in [2.24, 2.45) is 5.41 Å². The van der Waals surface area contributed by atoms with E-state index in [0.717, 1.165) is 35.0 Å². The number of hydrogen-bond donors (Lipinski definition) is 0. The Kier molecular flexibility index (Phi) is 3.73. The summed E-state index contributed by atoms with van der Waals surface area (Å²) in [6.45, 7) is 0. The van der Waals surface area contributed by atoms with Crippen LogP contribution in [0.2, 0.25) is 0 Å². The lowest BCUT2D eigenvalue weighted by Crippen LogP contribution is -2.22. The number of fused-ring (bicyclic) bond motifs is 1. The largest absolute Gasteiger partial charge is 0.496 e. The van der Waals surface area contributed by atoms with E-state index in [1.807, 2.05) is 12.1 Å². The molecule has 1 aliphatic rings. The zero-order valence-electron chi connectivity index (χ0n) is 11.9. The van der Waals surface area contributed by atoms with Gasteiger partial charge in [-0.25, -0.2) is 0 Å². The third-order valence-electron chi connectivity index (χ3n) is 4.17. The lowest BCUT2D eigenvalue weighted by Gasteiger charge is -2.20. The van der Waals surface area contributed by atoms with Crippen molar-refractivity contribution < 1.29 is 4.74 Å². The van der Waals surface area contributed by atoms with Crippen LogP contribution in [-0.2, 0) is 19.3 Å². The molecule has 0 saturated heterocycles. The van der Waals surface area contributed by atoms with E-state index in [-0.39, 0.29) is 5.41 Å². The van der Waals surface area contributed by atoms with Crippen LogP contribution < -0.4 is 4.74 Å². The molecule has 0 aromatic heterocycles. The van der Waals surface area contributed by atoms with Crippen molar-refractivity contribution in [1.29, 1.82) is 5.26 Å². The zero-order chi connectivity index (χ0) is 14.9. The monoisotopic (exact) mass is 341 g/mol. The van der Waals surface area contributed by atoms with Gasteiger partial charge >= 0.3 is 0 Å². The van der Waals surface area contributed by atoms with Crippen LogP contribution in [0.15, 0.2) is 46.9 Å². The fourth-order valence-electron chi connectivity index (χ4n) is 3.15. The lowest BCUT2D eigenvalue weighted by molar-refractivity contribution is 0.408. The highest BCUT2D eigenvalue weighted by atomic mass is 79.9. The van der Waals surface area contributed by atoms with Gasteiger partial charge < -0.3 is 4.74 Å². The number of benzene rings is 2. The Balaban J connectivity index is 1.87. The SMILES string of the molecule is COc1ccc(CC2(C#N)Cc3ccccc3C2)cc1Br. The maximum absolute atomic E-state index is 9.73. The highest BCUT2D eigenvalue weighted by Gasteiger charge is 2.37. The number of ether oxygens (including phenoxy) is 1. The first-order valence-electron chi connectivity index (χ1n) is 6.96. The Morgan fingerprint density at radius 1 is 1.19 bits per heavy atom. The second kappa shape index (κ2) is 5.54. The highest BCUT2D eigenvalue weighted by Crippen LogP contribution is 2.40. The minimum atomic E-state index is -0.322. The average Bonchev–Trinajstić information content (AvgIpc) is 2.86. The minimum Gasteiger partial charge on any atom is -0.496 e. The van der Waals surface area contributed by atoms with Crippen LogP contribution in [0.3, 0.4) is 0 Å². The summed E-state index contributed by atoms with van der Waals surface area (Å²) in [7, 11) is 1.66. The van der Waals surface area contributed by atoms with Crippen LogP contribution in [0.4, 0.5) is 0 Å². The Morgan fingerprint density at radius 2 is 1.86 bits per heavy atom. The molecule has 21 heavy (non-hydrogen) atoms. The van der Waals surface area contributed by atoms with Gasteiger partial charge in [-0.1, -0.05) is 30.3 Å². The Bertz CT molecular complexity index is 692. The molecule has 0 N–H and O–H groups in total. The molecule has 0 saturated carbocycles. The summed E-state index contributed by atoms with van der Waals surface area (Å²) in [5.74, 6) is 0.819. The van der Waals surface area contributed by atoms with Gasteiger partial charge in [0.15, 0.2) is 0 Å². The van der Waals surface area contributed by atoms with E-state index in [2.05, 4.69) is 52.3 Å². The van der Waals surface area contributed by atoms with Crippen molar-refractivity contribution >= 4 is 15.9 Å². The minimum absolute atomic E-state index is 0.322. The molecular weight excluding hydrogens is 326 g/mol. The number of nitriles is 1. The predicted octanol–water partition coefficient (Wildman–Crippen LogP) is 4.31. The molecule has 0 amide bonds. The lowest BCUT2D eigenvalue weighted by atomic mass is 9.80. The van der Waals surface area contributed by atoms with E-state index in [4.69, 9.17) is 4.74 Å². The molecule has 0 unspecified atom stereocenters. The van der Waals surface area contributed by atoms with Crippen LogP contribution in [0.1, 0.15) is 16.7 Å². The van der Waals surface area contributed by atoms with E-state index < -0.39 is 0 Å². The molecule has 0 aliphatic heterocycles. The standard InChI is InChI=1S/C18H16BrNO/c1-21-17-7-6-13(8-16(17)19)9-18(12-20)10-14-4-2-3-5-15(14)11-18/h2-8H,9-11H2,1H3. The summed E-state index contributed by atoms with van der Waals surface area (Å²) in [6, 6.07) is 17.0. The van der Waals surface area contributed by atoms with Crippen LogP contribution in [0, 0.1) is 16.7 Å². The molecule has 0 fully saturated rings. The van der Waals surface area contributed by atoms with Gasteiger partial charge in [-0.15, -0.1) is 0 Å². The molecule has 1 aliphatic carbocycles. The first-order valence-corrected chi connectivity index (χ1v) is 7.75. The van der Waals surface area contributed by atoms with Crippen molar-refractivity contribution in [3.63, 3.8) is 0 Å². The third kappa shape index (κ3) is 2.69. The summed E-state index contributed by atoms with van der Waals surface area (Å²) in [6.07, 6.45) is 2.44. The van der Waals surface area contributed by atoms with Gasteiger partial charge in [0, 0.05) is 0 Å². The van der Waals surface area contributed by atoms with Gasteiger partial charge in [-0.2, -0.15) is 5.26 Å². The van der Waals surface area contributed by atoms with Crippen molar-refractivity contribution in [2.45, 2.75) is 19.3 Å². The molecule has 3 rings (SSSR count). The Hall–Kier alpha value is -1.79. The first-order chi connectivity index (χ1) is 10.2. The molecule has 0 atom stereocenters. The number of hydrogen-bond acceptors (Lipinski definition) is 2. The topological polar surface area (TPSA) is 33.0 Å². The van der Waals surface area contributed by atoms with E-state index in [1.54, 1.807) is 7.11 Å². The van der Waals surface area contributed by atoms with Crippen LogP contribution in [-0.4, -0.2) is 7.11 Å². The van der Waals surface area contributed by atoms with Gasteiger partial charge in [-0.05, 0) is 64.0 Å². The summed E-state index contributed by atoms with van der Waals surface area (Å²) in [5.41, 5.74) is 3.47. The van der Waals surface area contributed by atoms with E-state index in [0.29, 0.717) is 0 Å². The summed E-state index contributed by atoms with van der Waals surface area (Å²) >= 11 is 3.52. The molecule has 0 bridgehead atoms. The van der Waals surface area contributed by atoms with Crippen LogP contribution >= 0.6 is 15.9 Å². The smallest absolute Gasteiger partial charge is 0.133 e. The van der Waals surface area contributed by atoms with Gasteiger partial charge in [0.2, 0.25) is 0 Å². The quantitative estimate of drug-likeness (QED) is 0.833. The van der Waals surface area contributed by atoms with Crippen LogP contribution in [0.5, 0.6) is 5.75 Å². The van der Waals surface area contributed by atoms with E-state index in [9.17, 15) is 5.26 Å². The fraction of sp³-hybridized carbons (Fsp3) is 0.278. The van der Waals surface area contributed by atoms with Crippen molar-refractivity contribution in [3.8, 4) is 11.8 Å². The van der Waals surface area contributed by atoms with Gasteiger partial charge in [0.1, 0.15) is 5.75 Å². The van der Waals surface area contributed by atoms with Gasteiger partial charge in [-0.3, -0.25) is 0 Å². The number of halogens is 1. The maximum atomic E-state index is 9.73. The van der Waals surface area contributed by atoms with Gasteiger partial charge in [0.05, 0.1) is 23.1 Å². The Labute approximate surface area is 133 Å². The molecule has 3 heteroatoms. The molecule has 0 heterocycles. The molecular formula is C18H16BrNO. The van der Waals surface area contributed by atoms with Crippen LogP contribution in [0.25, 0.3) is 0 Å². The van der Waals surface area contributed by atoms with Crippen molar-refractivity contribution in [3.05, 3.63) is 63.6 Å². The number of rotatable bonds is 3. The second-order valence-electron chi connectivity index (χ2n) is 5.66. The molecule has 0 spiro atoms. The average molecular weight is 342 g/mol. The summed E-state index contributed by atoms with van der Waals surface area (Å²) in [5, 5.41) is 9.73. The Morgan fingerprint density at radius 3 is 2.38 bits per heavy atom. The maximum Gasteiger partial charge on any atom is 0.133 e.